The number of likely N-dealkylation sites (N-methyl/N-ethyl adjacent to an activating group) is 1. The monoisotopic (exact) mass is 602 g/mol. The first kappa shape index (κ1) is 38.9. The van der Waals surface area contributed by atoms with Gasteiger partial charge in [0.05, 0.1) is 6.04 Å². The van der Waals surface area contributed by atoms with Crippen molar-refractivity contribution in [2.75, 3.05) is 20.1 Å². The number of hydrogen-bond acceptors (Lipinski definition) is 3. The summed E-state index contributed by atoms with van der Waals surface area (Å²) >= 11 is 0. The maximum atomic E-state index is 13.7. The second kappa shape index (κ2) is 20.8. The molecule has 0 bridgehead atoms. The van der Waals surface area contributed by atoms with Crippen LogP contribution in [0.25, 0.3) is 6.08 Å². The lowest BCUT2D eigenvalue weighted by Gasteiger charge is -2.55. The third kappa shape index (κ3) is 9.95. The van der Waals surface area contributed by atoms with Crippen LogP contribution in [-0.2, 0) is 4.79 Å². The highest BCUT2D eigenvalue weighted by Crippen LogP contribution is 2.58. The zero-order chi connectivity index (χ0) is 33.1. The molecule has 2 aliphatic carbocycles. The Morgan fingerprint density at radius 3 is 2.41 bits per heavy atom. The van der Waals surface area contributed by atoms with Crippen molar-refractivity contribution >= 4 is 12.0 Å². The van der Waals surface area contributed by atoms with Crippen molar-refractivity contribution in [1.29, 1.82) is 0 Å². The van der Waals surface area contributed by atoms with Crippen molar-refractivity contribution in [3.05, 3.63) is 96.2 Å². The number of aromatic hydroxyl groups is 1. The molecular weight excluding hydrogens is 540 g/mol. The smallest absolute Gasteiger partial charge is 0.223 e. The number of hydrogen-bond donors (Lipinski definition) is 1. The van der Waals surface area contributed by atoms with Gasteiger partial charge in [0.25, 0.3) is 0 Å². The van der Waals surface area contributed by atoms with Crippen LogP contribution in [0.2, 0.25) is 0 Å². The Hall–Kier alpha value is -3.11. The van der Waals surface area contributed by atoms with E-state index in [0.29, 0.717) is 6.42 Å². The van der Waals surface area contributed by atoms with E-state index in [2.05, 4.69) is 81.2 Å². The van der Waals surface area contributed by atoms with E-state index in [1.54, 1.807) is 6.07 Å². The fourth-order valence-corrected chi connectivity index (χ4v) is 6.46. The number of phenols is 1. The summed E-state index contributed by atoms with van der Waals surface area (Å²) in [5.74, 6) is 0.497. The molecule has 1 aliphatic heterocycles. The Morgan fingerprint density at radius 1 is 1.14 bits per heavy atom. The lowest BCUT2D eigenvalue weighted by Crippen LogP contribution is -2.55. The van der Waals surface area contributed by atoms with E-state index in [1.165, 1.54) is 11.1 Å². The standard InChI is InChI=1S/C32H42N2O2.C4H8.2C2H6/c1-5-8-14-26-21-25-15-16-28(35)22-29(25)31-32(26,7-3)19-17-30(36)34(31)27(6-2)18-20-33(4)23-24-12-10-9-11-13-24;1-3-4-2;2*1-2/h5,8,10,12-16,21-22,27,31,35H,1,6-7,9,11,17-20,23H2,2-4H3;3H,1,4H2,2H3;2*1-2H3/b14-8-;;;. The first-order valence-corrected chi connectivity index (χ1v) is 17.1. The Bertz CT molecular complexity index is 1160. The van der Waals surface area contributed by atoms with Gasteiger partial charge in [-0.3, -0.25) is 4.79 Å². The van der Waals surface area contributed by atoms with Gasteiger partial charge in [-0.1, -0.05) is 110 Å². The third-order valence-corrected chi connectivity index (χ3v) is 8.69. The molecule has 3 atom stereocenters. The van der Waals surface area contributed by atoms with Crippen LogP contribution in [0.1, 0.15) is 117 Å². The molecule has 0 aromatic heterocycles. The summed E-state index contributed by atoms with van der Waals surface area (Å²) in [6.45, 7) is 23.7. The van der Waals surface area contributed by atoms with Gasteiger partial charge in [0.1, 0.15) is 5.75 Å². The van der Waals surface area contributed by atoms with Gasteiger partial charge < -0.3 is 14.9 Å². The number of carbonyl (C=O) groups is 1. The van der Waals surface area contributed by atoms with E-state index < -0.39 is 0 Å². The average molecular weight is 603 g/mol. The quantitative estimate of drug-likeness (QED) is 0.202. The molecule has 244 valence electrons. The molecule has 4 nitrogen and oxygen atoms in total. The molecule has 0 saturated carbocycles. The molecule has 1 aromatic carbocycles. The van der Waals surface area contributed by atoms with Gasteiger partial charge >= 0.3 is 0 Å². The Balaban J connectivity index is 0.00000110. The molecule has 1 saturated heterocycles. The molecule has 0 radical (unpaired) electrons. The molecule has 1 aromatic rings. The lowest BCUT2D eigenvalue weighted by atomic mass is 9.60. The van der Waals surface area contributed by atoms with Crippen LogP contribution >= 0.6 is 0 Å². The topological polar surface area (TPSA) is 43.8 Å². The molecule has 44 heavy (non-hydrogen) atoms. The Kier molecular flexibility index (Phi) is 18.4. The SMILES string of the molecule is C=C/C=C\C1=Cc2ccc(O)cc2C2N(C(CC)CCN(C)CC3=CCCC=C3)C(=O)CCC12CC.C=CCC.CC.CC. The summed E-state index contributed by atoms with van der Waals surface area (Å²) < 4.78 is 0. The number of carbonyl (C=O) groups excluding carboxylic acids is 1. The van der Waals surface area contributed by atoms with Crippen LogP contribution in [0.4, 0.5) is 0 Å². The summed E-state index contributed by atoms with van der Waals surface area (Å²) in [7, 11) is 2.18. The van der Waals surface area contributed by atoms with E-state index in [9.17, 15) is 9.90 Å². The number of likely N-dealkylation sites (tertiary alicyclic amines) is 1. The summed E-state index contributed by atoms with van der Waals surface area (Å²) in [6, 6.07) is 5.69. The first-order valence-electron chi connectivity index (χ1n) is 17.1. The zero-order valence-electron chi connectivity index (χ0n) is 29.2. The first-order chi connectivity index (χ1) is 21.3. The number of amides is 1. The molecule has 1 amide bonds. The summed E-state index contributed by atoms with van der Waals surface area (Å²) in [6.07, 6.45) is 24.5. The molecule has 1 N–H and O–H groups in total. The van der Waals surface area contributed by atoms with E-state index in [1.807, 2.05) is 58.1 Å². The number of phenolic OH excluding ortho intramolecular Hbond substituents is 1. The van der Waals surface area contributed by atoms with Crippen LogP contribution in [0, 0.1) is 5.41 Å². The van der Waals surface area contributed by atoms with Crippen molar-refractivity contribution in [3.63, 3.8) is 0 Å². The zero-order valence-corrected chi connectivity index (χ0v) is 29.2. The Labute approximate surface area is 270 Å². The van der Waals surface area contributed by atoms with Gasteiger partial charge in [-0.15, -0.1) is 6.58 Å². The number of nitrogens with zero attached hydrogens (tertiary/aromatic N) is 2. The van der Waals surface area contributed by atoms with E-state index in [4.69, 9.17) is 0 Å². The molecule has 3 unspecified atom stereocenters. The van der Waals surface area contributed by atoms with E-state index in [0.717, 1.165) is 69.2 Å². The van der Waals surface area contributed by atoms with Gasteiger partial charge in [0, 0.05) is 31.0 Å². The molecule has 1 fully saturated rings. The largest absolute Gasteiger partial charge is 0.508 e. The predicted octanol–water partition coefficient (Wildman–Crippen LogP) is 10.6. The normalized spacial score (nSPS) is 20.8. The fourth-order valence-electron chi connectivity index (χ4n) is 6.46. The summed E-state index contributed by atoms with van der Waals surface area (Å²) in [4.78, 5) is 18.2. The highest BCUT2D eigenvalue weighted by molar-refractivity contribution is 5.81. The van der Waals surface area contributed by atoms with Crippen molar-refractivity contribution < 1.29 is 9.90 Å². The second-order valence-corrected chi connectivity index (χ2v) is 11.3. The van der Waals surface area contributed by atoms with Crippen LogP contribution in [-0.4, -0.2) is 47.0 Å². The minimum absolute atomic E-state index is 0.0837. The van der Waals surface area contributed by atoms with Gasteiger partial charge in [0.15, 0.2) is 0 Å². The number of piperidine rings is 1. The number of benzene rings is 1. The molecule has 0 spiro atoms. The van der Waals surface area contributed by atoms with Crippen LogP contribution in [0.5, 0.6) is 5.75 Å². The van der Waals surface area contributed by atoms with Crippen LogP contribution in [0.15, 0.2) is 85.0 Å². The number of fused-ring (bicyclic) bond motifs is 3. The van der Waals surface area contributed by atoms with Gasteiger partial charge in [-0.05, 0) is 86.4 Å². The number of allylic oxidation sites excluding steroid dienone is 6. The summed E-state index contributed by atoms with van der Waals surface area (Å²) in [5, 5.41) is 10.5. The highest BCUT2D eigenvalue weighted by atomic mass is 16.3. The predicted molar refractivity (Wildman–Crippen MR) is 193 cm³/mol. The average Bonchev–Trinajstić information content (AvgIpc) is 3.07. The third-order valence-electron chi connectivity index (χ3n) is 8.69. The van der Waals surface area contributed by atoms with Crippen LogP contribution < -0.4 is 0 Å². The van der Waals surface area contributed by atoms with Gasteiger partial charge in [-0.2, -0.15) is 0 Å². The molecule has 1 heterocycles. The van der Waals surface area contributed by atoms with E-state index in [-0.39, 0.29) is 29.2 Å². The molecular formula is C40H62N2O2. The van der Waals surface area contributed by atoms with Crippen molar-refractivity contribution in [1.82, 2.24) is 9.80 Å². The molecule has 4 heteroatoms. The fraction of sp³-hybridized carbons (Fsp3) is 0.525. The Morgan fingerprint density at radius 2 is 1.84 bits per heavy atom. The van der Waals surface area contributed by atoms with Crippen molar-refractivity contribution in [2.45, 2.75) is 112 Å². The summed E-state index contributed by atoms with van der Waals surface area (Å²) in [5.41, 5.74) is 4.63. The molecule has 3 aliphatic rings. The highest BCUT2D eigenvalue weighted by Gasteiger charge is 2.52. The van der Waals surface area contributed by atoms with Crippen molar-refractivity contribution in [2.24, 2.45) is 5.41 Å². The minimum Gasteiger partial charge on any atom is -0.508 e. The van der Waals surface area contributed by atoms with Crippen LogP contribution in [0.3, 0.4) is 0 Å². The molecule has 4 rings (SSSR count). The van der Waals surface area contributed by atoms with Gasteiger partial charge in [0.2, 0.25) is 5.91 Å². The second-order valence-electron chi connectivity index (χ2n) is 11.3. The maximum absolute atomic E-state index is 13.7. The van der Waals surface area contributed by atoms with Gasteiger partial charge in [-0.25, -0.2) is 0 Å². The number of rotatable bonds is 11. The maximum Gasteiger partial charge on any atom is 0.223 e. The minimum atomic E-state index is -0.175. The van der Waals surface area contributed by atoms with Crippen molar-refractivity contribution in [3.8, 4) is 5.75 Å². The van der Waals surface area contributed by atoms with E-state index >= 15 is 0 Å². The lowest BCUT2D eigenvalue weighted by molar-refractivity contribution is -0.147.